The van der Waals surface area contributed by atoms with Crippen LogP contribution in [0.1, 0.15) is 22.5 Å². The van der Waals surface area contributed by atoms with E-state index in [1.165, 1.54) is 17.2 Å². The maximum atomic E-state index is 13.0. The number of fused-ring (bicyclic) bond motifs is 1. The highest BCUT2D eigenvalue weighted by Gasteiger charge is 2.20. The van der Waals surface area contributed by atoms with E-state index in [0.717, 1.165) is 16.8 Å². The van der Waals surface area contributed by atoms with Gasteiger partial charge in [-0.2, -0.15) is 0 Å². The van der Waals surface area contributed by atoms with Crippen molar-refractivity contribution in [2.75, 3.05) is 24.2 Å². The lowest BCUT2D eigenvalue weighted by Gasteiger charge is -2.21. The van der Waals surface area contributed by atoms with Crippen molar-refractivity contribution >= 4 is 63.5 Å². The molecule has 5 aromatic rings. The molecule has 0 saturated carbocycles. The van der Waals surface area contributed by atoms with Crippen LogP contribution in [0.15, 0.2) is 85.2 Å². The van der Waals surface area contributed by atoms with E-state index in [2.05, 4.69) is 15.3 Å². The fourth-order valence-corrected chi connectivity index (χ4v) is 5.08. The number of halogens is 2. The Morgan fingerprint density at radius 3 is 2.57 bits per heavy atom. The number of rotatable bonds is 11. The maximum Gasteiger partial charge on any atom is 0.246 e. The lowest BCUT2D eigenvalue weighted by molar-refractivity contribution is -0.122. The molecular weight excluding hydrogens is 627 g/mol. The number of carbonyl (C=O) groups excluding carboxylic acids is 2. The standard InChI is InChI=1S/C34H30Cl2N6O4/c1-21-16-29(45-19-23-6-3-4-15-38-23)24-7-5-8-28(34(24)41-21)46-20-25-26(35)11-12-27(33(25)36)42(2)32(44)18-40-31(43)14-10-22-9-13-30(37)39-17-22/h3-17H,18-20H2,1-2H3,(H2,37,39)(H,40,43). The minimum Gasteiger partial charge on any atom is -0.487 e. The molecule has 10 nitrogen and oxygen atoms in total. The Kier molecular flexibility index (Phi) is 10.3. The molecule has 234 valence electrons. The Bertz CT molecular complexity index is 1900. The first kappa shape index (κ1) is 32.2. The van der Waals surface area contributed by atoms with Gasteiger partial charge in [0.25, 0.3) is 0 Å². The summed E-state index contributed by atoms with van der Waals surface area (Å²) in [4.78, 5) is 39.6. The Morgan fingerprint density at radius 1 is 0.978 bits per heavy atom. The Labute approximate surface area is 275 Å². The second-order valence-electron chi connectivity index (χ2n) is 10.2. The summed E-state index contributed by atoms with van der Waals surface area (Å²) >= 11 is 13.3. The zero-order chi connectivity index (χ0) is 32.6. The first-order valence-corrected chi connectivity index (χ1v) is 14.9. The number of carbonyl (C=O) groups is 2. The van der Waals surface area contributed by atoms with Crippen molar-refractivity contribution in [3.63, 3.8) is 0 Å². The molecule has 46 heavy (non-hydrogen) atoms. The summed E-state index contributed by atoms with van der Waals surface area (Å²) in [6.45, 7) is 1.94. The molecule has 0 aliphatic rings. The number of hydrogen-bond donors (Lipinski definition) is 2. The van der Waals surface area contributed by atoms with Crippen LogP contribution in [0.4, 0.5) is 11.5 Å². The van der Waals surface area contributed by atoms with Crippen LogP contribution >= 0.6 is 23.2 Å². The lowest BCUT2D eigenvalue weighted by Crippen LogP contribution is -2.37. The molecule has 0 spiro atoms. The number of pyridine rings is 3. The van der Waals surface area contributed by atoms with Gasteiger partial charge in [-0.25, -0.2) is 9.97 Å². The molecule has 2 aromatic carbocycles. The van der Waals surface area contributed by atoms with Crippen LogP contribution in [-0.4, -0.2) is 40.4 Å². The van der Waals surface area contributed by atoms with E-state index in [1.54, 1.807) is 49.7 Å². The average molecular weight is 658 g/mol. The summed E-state index contributed by atoms with van der Waals surface area (Å²) in [5, 5.41) is 3.96. The summed E-state index contributed by atoms with van der Waals surface area (Å²) in [6, 6.07) is 19.7. The first-order valence-electron chi connectivity index (χ1n) is 14.2. The fraction of sp³-hybridized carbons (Fsp3) is 0.147. The number of aromatic nitrogens is 3. The maximum absolute atomic E-state index is 13.0. The van der Waals surface area contributed by atoms with Gasteiger partial charge in [0, 0.05) is 53.2 Å². The number of aryl methyl sites for hydroxylation is 1. The topological polar surface area (TPSA) is 133 Å². The number of likely N-dealkylation sites (N-methyl/N-ethyl adjacent to an activating group) is 1. The van der Waals surface area contributed by atoms with Crippen molar-refractivity contribution in [2.24, 2.45) is 0 Å². The van der Waals surface area contributed by atoms with Crippen molar-refractivity contribution in [3.8, 4) is 11.5 Å². The van der Waals surface area contributed by atoms with E-state index in [1.807, 2.05) is 43.3 Å². The largest absolute Gasteiger partial charge is 0.487 e. The quantitative estimate of drug-likeness (QED) is 0.161. The Morgan fingerprint density at radius 2 is 1.80 bits per heavy atom. The number of nitrogens with two attached hydrogens (primary N) is 1. The van der Waals surface area contributed by atoms with Gasteiger partial charge in [-0.05, 0) is 67.1 Å². The third-order valence-electron chi connectivity index (χ3n) is 6.92. The van der Waals surface area contributed by atoms with Crippen molar-refractivity contribution in [2.45, 2.75) is 20.1 Å². The third kappa shape index (κ3) is 7.90. The molecule has 3 N–H and O–H groups in total. The minimum atomic E-state index is -0.445. The molecule has 12 heteroatoms. The van der Waals surface area contributed by atoms with Crippen LogP contribution < -0.4 is 25.4 Å². The molecule has 5 rings (SSSR count). The molecule has 0 aliphatic heterocycles. The van der Waals surface area contributed by atoms with Gasteiger partial charge in [0.15, 0.2) is 0 Å². The minimum absolute atomic E-state index is 0.00786. The molecule has 0 radical (unpaired) electrons. The first-order chi connectivity index (χ1) is 22.2. The summed E-state index contributed by atoms with van der Waals surface area (Å²) in [7, 11) is 1.56. The van der Waals surface area contributed by atoms with E-state index in [0.29, 0.717) is 51.3 Å². The Hall–Kier alpha value is -5.19. The zero-order valence-corrected chi connectivity index (χ0v) is 26.5. The third-order valence-corrected chi connectivity index (χ3v) is 7.69. The van der Waals surface area contributed by atoms with Gasteiger partial charge < -0.3 is 25.4 Å². The molecule has 0 saturated heterocycles. The SMILES string of the molecule is Cc1cc(OCc2ccccn2)c2cccc(OCc3c(Cl)ccc(N(C)C(=O)CNC(=O)C=Cc4ccc(N)nc4)c3Cl)c2n1. The Balaban J connectivity index is 1.27. The van der Waals surface area contributed by atoms with E-state index in [-0.39, 0.29) is 24.1 Å². The van der Waals surface area contributed by atoms with Crippen LogP contribution in [-0.2, 0) is 22.8 Å². The van der Waals surface area contributed by atoms with Gasteiger partial charge in [-0.15, -0.1) is 0 Å². The molecule has 0 atom stereocenters. The van der Waals surface area contributed by atoms with Crippen molar-refractivity contribution in [1.82, 2.24) is 20.3 Å². The normalized spacial score (nSPS) is 11.0. The van der Waals surface area contributed by atoms with Gasteiger partial charge >= 0.3 is 0 Å². The molecule has 0 fully saturated rings. The molecule has 0 aliphatic carbocycles. The molecule has 0 bridgehead atoms. The summed E-state index contributed by atoms with van der Waals surface area (Å²) in [6.07, 6.45) is 6.14. The molecule has 3 aromatic heterocycles. The second kappa shape index (κ2) is 14.7. The number of anilines is 2. The number of nitrogen functional groups attached to an aromatic ring is 1. The molecule has 2 amide bonds. The van der Waals surface area contributed by atoms with Gasteiger partial charge in [0.1, 0.15) is 36.0 Å². The molecular formula is C34H30Cl2N6O4. The monoisotopic (exact) mass is 656 g/mol. The molecule has 3 heterocycles. The highest BCUT2D eigenvalue weighted by atomic mass is 35.5. The fourth-order valence-electron chi connectivity index (χ4n) is 4.47. The number of hydrogen-bond acceptors (Lipinski definition) is 8. The highest BCUT2D eigenvalue weighted by molar-refractivity contribution is 6.38. The predicted molar refractivity (Wildman–Crippen MR) is 180 cm³/mol. The van der Waals surface area contributed by atoms with Gasteiger partial charge in [0.05, 0.1) is 22.9 Å². The van der Waals surface area contributed by atoms with E-state index in [4.69, 9.17) is 43.4 Å². The summed E-state index contributed by atoms with van der Waals surface area (Å²) in [5.74, 6) is 0.708. The number of amides is 2. The number of nitrogens with one attached hydrogen (secondary N) is 1. The number of ether oxygens (including phenoxy) is 2. The lowest BCUT2D eigenvalue weighted by atomic mass is 10.1. The number of nitrogens with zero attached hydrogens (tertiary/aromatic N) is 4. The predicted octanol–water partition coefficient (Wildman–Crippen LogP) is 6.17. The van der Waals surface area contributed by atoms with Crippen LogP contribution in [0.5, 0.6) is 11.5 Å². The highest BCUT2D eigenvalue weighted by Crippen LogP contribution is 2.36. The molecule has 0 unspecified atom stereocenters. The average Bonchev–Trinajstić information content (AvgIpc) is 3.06. The van der Waals surface area contributed by atoms with Crippen LogP contribution in [0.2, 0.25) is 10.0 Å². The van der Waals surface area contributed by atoms with E-state index >= 15 is 0 Å². The van der Waals surface area contributed by atoms with E-state index in [9.17, 15) is 9.59 Å². The number of para-hydroxylation sites is 1. The van der Waals surface area contributed by atoms with Crippen molar-refractivity contribution < 1.29 is 19.1 Å². The van der Waals surface area contributed by atoms with Crippen LogP contribution in [0.3, 0.4) is 0 Å². The van der Waals surface area contributed by atoms with Gasteiger partial charge in [-0.3, -0.25) is 14.6 Å². The second-order valence-corrected chi connectivity index (χ2v) is 11.0. The van der Waals surface area contributed by atoms with Crippen molar-refractivity contribution in [1.29, 1.82) is 0 Å². The van der Waals surface area contributed by atoms with Gasteiger partial charge in [-0.1, -0.05) is 35.3 Å². The van der Waals surface area contributed by atoms with E-state index < -0.39 is 5.91 Å². The van der Waals surface area contributed by atoms with Crippen LogP contribution in [0, 0.1) is 6.92 Å². The zero-order valence-electron chi connectivity index (χ0n) is 25.0. The summed E-state index contributed by atoms with van der Waals surface area (Å²) < 4.78 is 12.3. The smallest absolute Gasteiger partial charge is 0.246 e. The van der Waals surface area contributed by atoms with Gasteiger partial charge in [0.2, 0.25) is 11.8 Å². The van der Waals surface area contributed by atoms with Crippen LogP contribution in [0.25, 0.3) is 17.0 Å². The number of benzene rings is 2. The van der Waals surface area contributed by atoms with Crippen molar-refractivity contribution in [3.05, 3.63) is 118 Å². The summed E-state index contributed by atoms with van der Waals surface area (Å²) in [5.41, 5.74) is 9.34.